The van der Waals surface area contributed by atoms with Crippen LogP contribution in [0.25, 0.3) is 0 Å². The van der Waals surface area contributed by atoms with Crippen LogP contribution in [0.15, 0.2) is 41.3 Å². The highest BCUT2D eigenvalue weighted by Crippen LogP contribution is 2.31. The van der Waals surface area contributed by atoms with Crippen LogP contribution in [0.2, 0.25) is 10.0 Å². The van der Waals surface area contributed by atoms with E-state index in [4.69, 9.17) is 32.7 Å². The summed E-state index contributed by atoms with van der Waals surface area (Å²) in [4.78, 5) is 12.0. The van der Waals surface area contributed by atoms with Crippen LogP contribution in [0.5, 0.6) is 11.5 Å². The lowest BCUT2D eigenvalue weighted by atomic mass is 10.1. The van der Waals surface area contributed by atoms with Gasteiger partial charge in [0.15, 0.2) is 11.5 Å². The first-order valence-corrected chi connectivity index (χ1v) is 11.7. The number of ether oxygens (including phenoxy) is 2. The number of benzene rings is 2. The van der Waals surface area contributed by atoms with E-state index in [2.05, 4.69) is 10.0 Å². The summed E-state index contributed by atoms with van der Waals surface area (Å²) in [6, 6.07) is 9.65. The summed E-state index contributed by atoms with van der Waals surface area (Å²) >= 11 is 11.9. The number of amides is 1. The van der Waals surface area contributed by atoms with Gasteiger partial charge in [-0.25, -0.2) is 13.1 Å². The molecule has 0 fully saturated rings. The Morgan fingerprint density at radius 2 is 1.67 bits per heavy atom. The fourth-order valence-corrected chi connectivity index (χ4v) is 4.50. The van der Waals surface area contributed by atoms with Crippen LogP contribution in [0.1, 0.15) is 18.4 Å². The van der Waals surface area contributed by atoms with Gasteiger partial charge in [0.05, 0.1) is 18.1 Å². The van der Waals surface area contributed by atoms with Crippen molar-refractivity contribution in [1.82, 2.24) is 10.0 Å². The Hall–Kier alpha value is -2.00. The van der Waals surface area contributed by atoms with E-state index in [1.54, 1.807) is 24.3 Å². The van der Waals surface area contributed by atoms with Gasteiger partial charge in [-0.3, -0.25) is 4.79 Å². The van der Waals surface area contributed by atoms with Crippen molar-refractivity contribution in [2.75, 3.05) is 26.3 Å². The summed E-state index contributed by atoms with van der Waals surface area (Å²) in [5.74, 6) is 0.658. The van der Waals surface area contributed by atoms with Crippen LogP contribution in [0, 0.1) is 0 Å². The third-order valence-electron chi connectivity index (χ3n) is 4.33. The molecule has 1 aliphatic rings. The molecule has 2 aromatic carbocycles. The summed E-state index contributed by atoms with van der Waals surface area (Å²) < 4.78 is 38.4. The Labute approximate surface area is 185 Å². The Morgan fingerprint density at radius 1 is 0.967 bits per heavy atom. The zero-order valence-corrected chi connectivity index (χ0v) is 18.4. The number of carbonyl (C=O) groups excluding carboxylic acids is 1. The van der Waals surface area contributed by atoms with Gasteiger partial charge in [-0.15, -0.1) is 0 Å². The minimum Gasteiger partial charge on any atom is -0.490 e. The summed E-state index contributed by atoms with van der Waals surface area (Å²) in [5.41, 5.74) is 0.905. The molecule has 1 amide bonds. The lowest BCUT2D eigenvalue weighted by Crippen LogP contribution is -2.31. The Bertz CT molecular complexity index is 994. The zero-order chi connectivity index (χ0) is 21.6. The molecule has 2 aromatic rings. The Balaban J connectivity index is 1.45. The van der Waals surface area contributed by atoms with Crippen molar-refractivity contribution in [3.8, 4) is 11.5 Å². The topological polar surface area (TPSA) is 93.7 Å². The molecule has 0 aliphatic carbocycles. The van der Waals surface area contributed by atoms with Crippen molar-refractivity contribution in [1.29, 1.82) is 0 Å². The number of sulfonamides is 1. The summed E-state index contributed by atoms with van der Waals surface area (Å²) in [6.45, 7) is 1.36. The predicted octanol–water partition coefficient (Wildman–Crippen LogP) is 3.18. The molecule has 0 saturated carbocycles. The van der Waals surface area contributed by atoms with E-state index >= 15 is 0 Å². The maximum absolute atomic E-state index is 12.5. The molecule has 0 bridgehead atoms. The minimum atomic E-state index is -3.77. The summed E-state index contributed by atoms with van der Waals surface area (Å²) in [7, 11) is -3.77. The van der Waals surface area contributed by atoms with E-state index < -0.39 is 10.0 Å². The number of carbonyl (C=O) groups is 1. The SMILES string of the molecule is O=C(CCNS(=O)(=O)c1ccc2c(c1)OCCCO2)NCCc1cc(Cl)cc(Cl)c1. The van der Waals surface area contributed by atoms with Gasteiger partial charge in [0.2, 0.25) is 15.9 Å². The van der Waals surface area contributed by atoms with Crippen molar-refractivity contribution in [2.45, 2.75) is 24.2 Å². The highest BCUT2D eigenvalue weighted by molar-refractivity contribution is 7.89. The third-order valence-corrected chi connectivity index (χ3v) is 6.23. The van der Waals surface area contributed by atoms with E-state index in [-0.39, 0.29) is 23.8 Å². The minimum absolute atomic E-state index is 0.0140. The van der Waals surface area contributed by atoms with Gasteiger partial charge < -0.3 is 14.8 Å². The van der Waals surface area contributed by atoms with Crippen LogP contribution in [0.3, 0.4) is 0 Å². The van der Waals surface area contributed by atoms with Gasteiger partial charge in [-0.2, -0.15) is 0 Å². The Morgan fingerprint density at radius 3 is 2.40 bits per heavy atom. The van der Waals surface area contributed by atoms with Crippen molar-refractivity contribution in [3.05, 3.63) is 52.0 Å². The third kappa shape index (κ3) is 6.50. The molecule has 7 nitrogen and oxygen atoms in total. The average Bonchev–Trinajstić information content (AvgIpc) is 2.92. The normalized spacial score (nSPS) is 13.5. The van der Waals surface area contributed by atoms with Gasteiger partial charge in [0, 0.05) is 42.0 Å². The van der Waals surface area contributed by atoms with Gasteiger partial charge in [-0.1, -0.05) is 23.2 Å². The number of hydrogen-bond acceptors (Lipinski definition) is 5. The zero-order valence-electron chi connectivity index (χ0n) is 16.1. The second kappa shape index (κ2) is 10.3. The smallest absolute Gasteiger partial charge is 0.240 e. The molecular weight excluding hydrogens is 451 g/mol. The van der Waals surface area contributed by atoms with Gasteiger partial charge in [0.1, 0.15) is 0 Å². The molecule has 2 N–H and O–H groups in total. The molecule has 162 valence electrons. The second-order valence-corrected chi connectivity index (χ2v) is 9.32. The first-order valence-electron chi connectivity index (χ1n) is 9.44. The van der Waals surface area contributed by atoms with E-state index in [1.165, 1.54) is 12.1 Å². The lowest BCUT2D eigenvalue weighted by molar-refractivity contribution is -0.120. The maximum atomic E-state index is 12.5. The number of fused-ring (bicyclic) bond motifs is 1. The maximum Gasteiger partial charge on any atom is 0.240 e. The standard InChI is InChI=1S/C20H22Cl2N2O5S/c21-15-10-14(11-16(22)12-15)4-6-23-20(25)5-7-24-30(26,27)17-2-3-18-19(13-17)29-9-1-8-28-18/h2-3,10-13,24H,1,4-9H2,(H,23,25). The monoisotopic (exact) mass is 472 g/mol. The van der Waals surface area contributed by atoms with E-state index in [1.807, 2.05) is 0 Å². The number of hydrogen-bond donors (Lipinski definition) is 2. The average molecular weight is 473 g/mol. The van der Waals surface area contributed by atoms with Crippen molar-refractivity contribution < 1.29 is 22.7 Å². The molecule has 0 unspecified atom stereocenters. The Kier molecular flexibility index (Phi) is 7.82. The fourth-order valence-electron chi connectivity index (χ4n) is 2.88. The van der Waals surface area contributed by atoms with E-state index in [0.717, 1.165) is 12.0 Å². The van der Waals surface area contributed by atoms with Crippen LogP contribution in [-0.4, -0.2) is 40.6 Å². The van der Waals surface area contributed by atoms with Crippen LogP contribution >= 0.6 is 23.2 Å². The largest absolute Gasteiger partial charge is 0.490 e. The summed E-state index contributed by atoms with van der Waals surface area (Å²) in [5, 5.41) is 3.82. The van der Waals surface area contributed by atoms with Crippen molar-refractivity contribution in [3.63, 3.8) is 0 Å². The van der Waals surface area contributed by atoms with Crippen molar-refractivity contribution >= 4 is 39.1 Å². The fraction of sp³-hybridized carbons (Fsp3) is 0.350. The first-order chi connectivity index (χ1) is 14.3. The highest BCUT2D eigenvalue weighted by Gasteiger charge is 2.18. The predicted molar refractivity (Wildman–Crippen MR) is 115 cm³/mol. The molecule has 3 rings (SSSR count). The van der Waals surface area contributed by atoms with Gasteiger partial charge in [-0.05, 0) is 42.3 Å². The molecule has 0 radical (unpaired) electrons. The van der Waals surface area contributed by atoms with Crippen LogP contribution in [-0.2, 0) is 21.2 Å². The van der Waals surface area contributed by atoms with Crippen LogP contribution < -0.4 is 19.5 Å². The molecule has 1 aliphatic heterocycles. The summed E-state index contributed by atoms with van der Waals surface area (Å²) in [6.07, 6.45) is 1.31. The van der Waals surface area contributed by atoms with Crippen LogP contribution in [0.4, 0.5) is 0 Å². The first kappa shape index (κ1) is 22.7. The molecule has 0 aromatic heterocycles. The number of rotatable bonds is 8. The lowest BCUT2D eigenvalue weighted by Gasteiger charge is -2.11. The highest BCUT2D eigenvalue weighted by atomic mass is 35.5. The van der Waals surface area contributed by atoms with E-state index in [0.29, 0.717) is 47.7 Å². The van der Waals surface area contributed by atoms with Crippen molar-refractivity contribution in [2.24, 2.45) is 0 Å². The quantitative estimate of drug-likeness (QED) is 0.615. The number of nitrogens with one attached hydrogen (secondary N) is 2. The second-order valence-electron chi connectivity index (χ2n) is 6.68. The van der Waals surface area contributed by atoms with Gasteiger partial charge >= 0.3 is 0 Å². The van der Waals surface area contributed by atoms with E-state index in [9.17, 15) is 13.2 Å². The molecular formula is C20H22Cl2N2O5S. The molecule has 0 saturated heterocycles. The van der Waals surface area contributed by atoms with Gasteiger partial charge in [0.25, 0.3) is 0 Å². The number of halogens is 2. The molecule has 0 atom stereocenters. The molecule has 10 heteroatoms. The molecule has 30 heavy (non-hydrogen) atoms. The molecule has 1 heterocycles. The molecule has 0 spiro atoms.